The molecule has 0 radical (unpaired) electrons. The quantitative estimate of drug-likeness (QED) is 0.772. The molecule has 22 heavy (non-hydrogen) atoms. The molecule has 1 aliphatic rings. The van der Waals surface area contributed by atoms with Crippen molar-refractivity contribution in [2.45, 2.75) is 86.2 Å². The number of unbranched alkanes of at least 4 members (excludes halogenated alkanes) is 1. The molecular formula is C19H37NO2. The summed E-state index contributed by atoms with van der Waals surface area (Å²) >= 11 is 0. The van der Waals surface area contributed by atoms with E-state index in [-0.39, 0.29) is 17.4 Å². The Morgan fingerprint density at radius 1 is 1.09 bits per heavy atom. The molecule has 130 valence electrons. The highest BCUT2D eigenvalue weighted by molar-refractivity contribution is 5.79. The van der Waals surface area contributed by atoms with E-state index in [9.17, 15) is 9.90 Å². The van der Waals surface area contributed by atoms with E-state index >= 15 is 0 Å². The molecule has 3 nitrogen and oxygen atoms in total. The molecule has 0 aromatic carbocycles. The Balaban J connectivity index is 2.55. The summed E-state index contributed by atoms with van der Waals surface area (Å²) in [6.07, 6.45) is 5.76. The van der Waals surface area contributed by atoms with Gasteiger partial charge >= 0.3 is 0 Å². The summed E-state index contributed by atoms with van der Waals surface area (Å²) in [6.45, 7) is 14.8. The molecular weight excluding hydrogens is 274 g/mol. The molecule has 0 saturated carbocycles. The Morgan fingerprint density at radius 2 is 1.64 bits per heavy atom. The van der Waals surface area contributed by atoms with Crippen LogP contribution in [-0.2, 0) is 4.79 Å². The van der Waals surface area contributed by atoms with Crippen LogP contribution in [0.15, 0.2) is 0 Å². The third-order valence-electron chi connectivity index (χ3n) is 4.79. The number of hydrogen-bond donors (Lipinski definition) is 1. The van der Waals surface area contributed by atoms with Crippen LogP contribution in [-0.4, -0.2) is 35.1 Å². The molecule has 0 aliphatic carbocycles. The van der Waals surface area contributed by atoms with Gasteiger partial charge in [0.05, 0.1) is 6.10 Å². The van der Waals surface area contributed by atoms with E-state index < -0.39 is 0 Å². The fourth-order valence-electron chi connectivity index (χ4n) is 3.24. The van der Waals surface area contributed by atoms with Gasteiger partial charge in [-0.15, -0.1) is 0 Å². The van der Waals surface area contributed by atoms with Crippen molar-refractivity contribution in [2.75, 3.05) is 13.1 Å². The summed E-state index contributed by atoms with van der Waals surface area (Å²) in [7, 11) is 0. The number of aliphatic hydroxyl groups is 1. The molecule has 1 fully saturated rings. The zero-order valence-electron chi connectivity index (χ0n) is 15.6. The number of hydrogen-bond acceptors (Lipinski definition) is 2. The van der Waals surface area contributed by atoms with Crippen LogP contribution in [0.25, 0.3) is 0 Å². The van der Waals surface area contributed by atoms with Crippen LogP contribution in [0.3, 0.4) is 0 Å². The first-order chi connectivity index (χ1) is 10.0. The summed E-state index contributed by atoms with van der Waals surface area (Å²) < 4.78 is 0. The van der Waals surface area contributed by atoms with Crippen molar-refractivity contribution in [2.24, 2.45) is 16.7 Å². The van der Waals surface area contributed by atoms with E-state index in [0.717, 1.165) is 25.7 Å². The average Bonchev–Trinajstić information content (AvgIpc) is 2.36. The largest absolute Gasteiger partial charge is 0.393 e. The van der Waals surface area contributed by atoms with Crippen molar-refractivity contribution in [1.82, 2.24) is 4.90 Å². The molecule has 3 heteroatoms. The summed E-state index contributed by atoms with van der Waals surface area (Å²) in [5.41, 5.74) is 0.388. The Morgan fingerprint density at radius 3 is 2.09 bits per heavy atom. The predicted octanol–water partition coefficient (Wildman–Crippen LogP) is 4.24. The summed E-state index contributed by atoms with van der Waals surface area (Å²) in [5, 5.41) is 9.62. The van der Waals surface area contributed by atoms with E-state index in [1.54, 1.807) is 0 Å². The maximum Gasteiger partial charge on any atom is 0.226 e. The highest BCUT2D eigenvalue weighted by atomic mass is 16.3. The second-order valence-corrected chi connectivity index (χ2v) is 9.28. The van der Waals surface area contributed by atoms with Crippen molar-refractivity contribution in [3.8, 4) is 0 Å². The Labute approximate surface area is 137 Å². The molecule has 1 aliphatic heterocycles. The second kappa shape index (κ2) is 7.81. The van der Waals surface area contributed by atoms with Gasteiger partial charge in [-0.05, 0) is 36.5 Å². The lowest BCUT2D eigenvalue weighted by atomic mass is 9.76. The third-order valence-corrected chi connectivity index (χ3v) is 4.79. The minimum Gasteiger partial charge on any atom is -0.393 e. The van der Waals surface area contributed by atoms with Crippen LogP contribution in [0.1, 0.15) is 80.1 Å². The maximum absolute atomic E-state index is 12.9. The smallest absolute Gasteiger partial charge is 0.226 e. The normalized spacial score (nSPS) is 19.3. The summed E-state index contributed by atoms with van der Waals surface area (Å²) in [4.78, 5) is 14.9. The molecule has 1 rings (SSSR count). The van der Waals surface area contributed by atoms with Crippen molar-refractivity contribution < 1.29 is 9.90 Å². The van der Waals surface area contributed by atoms with Gasteiger partial charge in [-0.2, -0.15) is 0 Å². The van der Waals surface area contributed by atoms with Gasteiger partial charge in [-0.25, -0.2) is 0 Å². The van der Waals surface area contributed by atoms with E-state index in [0.29, 0.717) is 24.4 Å². The minimum atomic E-state index is -0.219. The first kappa shape index (κ1) is 19.5. The van der Waals surface area contributed by atoms with Gasteiger partial charge in [0.15, 0.2) is 0 Å². The van der Waals surface area contributed by atoms with Crippen molar-refractivity contribution in [1.29, 1.82) is 0 Å². The van der Waals surface area contributed by atoms with Crippen LogP contribution < -0.4 is 0 Å². The maximum atomic E-state index is 12.9. The number of likely N-dealkylation sites (tertiary alicyclic amines) is 1. The van der Waals surface area contributed by atoms with Crippen LogP contribution in [0.2, 0.25) is 0 Å². The number of nitrogens with zero attached hydrogens (tertiary/aromatic N) is 1. The standard InChI is InChI=1S/C19H37NO2/c1-18(2,3)12-8-7-9-16(19(4,5)6)17(22)20-13-10-15(21)11-14-20/h15-16,21H,7-14H2,1-6H3. The van der Waals surface area contributed by atoms with Gasteiger partial charge in [0.1, 0.15) is 0 Å². The SMILES string of the molecule is CC(C)(C)CCCCC(C(=O)N1CCC(O)CC1)C(C)(C)C. The summed E-state index contributed by atoms with van der Waals surface area (Å²) in [6, 6.07) is 0. The zero-order chi connectivity index (χ0) is 17.0. The van der Waals surface area contributed by atoms with Crippen molar-refractivity contribution in [3.63, 3.8) is 0 Å². The molecule has 1 unspecified atom stereocenters. The lowest BCUT2D eigenvalue weighted by molar-refractivity contribution is -0.141. The number of aliphatic hydroxyl groups excluding tert-OH is 1. The number of carbonyl (C=O) groups is 1. The Kier molecular flexibility index (Phi) is 6.91. The lowest BCUT2D eigenvalue weighted by Crippen LogP contribution is -2.46. The molecule has 0 spiro atoms. The molecule has 1 saturated heterocycles. The number of amides is 1. The van der Waals surface area contributed by atoms with E-state index in [2.05, 4.69) is 41.5 Å². The molecule has 0 bridgehead atoms. The third kappa shape index (κ3) is 6.68. The topological polar surface area (TPSA) is 40.5 Å². The molecule has 1 amide bonds. The van der Waals surface area contributed by atoms with Gasteiger partial charge in [-0.3, -0.25) is 4.79 Å². The van der Waals surface area contributed by atoms with Crippen LogP contribution in [0.5, 0.6) is 0 Å². The highest BCUT2D eigenvalue weighted by Gasteiger charge is 2.35. The minimum absolute atomic E-state index is 0.00881. The van der Waals surface area contributed by atoms with Crippen molar-refractivity contribution in [3.05, 3.63) is 0 Å². The van der Waals surface area contributed by atoms with Crippen molar-refractivity contribution >= 4 is 5.91 Å². The van der Waals surface area contributed by atoms with Gasteiger partial charge in [0.2, 0.25) is 5.91 Å². The fourth-order valence-corrected chi connectivity index (χ4v) is 3.24. The van der Waals surface area contributed by atoms with Crippen LogP contribution in [0, 0.1) is 16.7 Å². The number of rotatable bonds is 5. The lowest BCUT2D eigenvalue weighted by Gasteiger charge is -2.37. The summed E-state index contributed by atoms with van der Waals surface area (Å²) in [5.74, 6) is 0.401. The van der Waals surface area contributed by atoms with Gasteiger partial charge in [-0.1, -0.05) is 54.4 Å². The number of piperidine rings is 1. The van der Waals surface area contributed by atoms with Gasteiger partial charge in [0, 0.05) is 19.0 Å². The second-order valence-electron chi connectivity index (χ2n) is 9.28. The fraction of sp³-hybridized carbons (Fsp3) is 0.947. The first-order valence-electron chi connectivity index (χ1n) is 8.97. The first-order valence-corrected chi connectivity index (χ1v) is 8.97. The number of carbonyl (C=O) groups excluding carboxylic acids is 1. The van der Waals surface area contributed by atoms with Crippen LogP contribution in [0.4, 0.5) is 0 Å². The highest BCUT2D eigenvalue weighted by Crippen LogP contribution is 2.33. The molecule has 1 heterocycles. The molecule has 1 atom stereocenters. The predicted molar refractivity (Wildman–Crippen MR) is 92.7 cm³/mol. The van der Waals surface area contributed by atoms with Gasteiger partial charge in [0.25, 0.3) is 0 Å². The van der Waals surface area contributed by atoms with Gasteiger partial charge < -0.3 is 10.0 Å². The Bertz CT molecular complexity index is 343. The van der Waals surface area contributed by atoms with Crippen LogP contribution >= 0.6 is 0 Å². The molecule has 0 aromatic rings. The monoisotopic (exact) mass is 311 g/mol. The average molecular weight is 312 g/mol. The molecule has 1 N–H and O–H groups in total. The Hall–Kier alpha value is -0.570. The molecule has 0 aromatic heterocycles. The van der Waals surface area contributed by atoms with E-state index in [1.165, 1.54) is 12.8 Å². The zero-order valence-corrected chi connectivity index (χ0v) is 15.6. The van der Waals surface area contributed by atoms with E-state index in [4.69, 9.17) is 0 Å². The van der Waals surface area contributed by atoms with E-state index in [1.807, 2.05) is 4.90 Å².